The smallest absolute Gasteiger partial charge is 0.143 e. The van der Waals surface area contributed by atoms with Crippen LogP contribution in [0.1, 0.15) is 29.7 Å². The summed E-state index contributed by atoms with van der Waals surface area (Å²) in [5.74, 6) is 0.119. The van der Waals surface area contributed by atoms with E-state index in [9.17, 15) is 9.50 Å². The molecule has 4 heteroatoms. The van der Waals surface area contributed by atoms with Crippen LogP contribution in [0.25, 0.3) is 0 Å². The molecule has 1 unspecified atom stereocenters. The summed E-state index contributed by atoms with van der Waals surface area (Å²) in [6.45, 7) is 4.28. The highest BCUT2D eigenvalue weighted by molar-refractivity contribution is 9.10. The van der Waals surface area contributed by atoms with Crippen molar-refractivity contribution >= 4 is 15.9 Å². The maximum absolute atomic E-state index is 14.1. The molecule has 20 heavy (non-hydrogen) atoms. The van der Waals surface area contributed by atoms with Crippen LogP contribution < -0.4 is 4.74 Å². The summed E-state index contributed by atoms with van der Waals surface area (Å²) in [5.41, 5.74) is 1.78. The molecule has 0 aliphatic rings. The van der Waals surface area contributed by atoms with Crippen molar-refractivity contribution in [3.8, 4) is 5.75 Å². The second kappa shape index (κ2) is 6.37. The summed E-state index contributed by atoms with van der Waals surface area (Å²) < 4.78 is 20.0. The van der Waals surface area contributed by atoms with Crippen molar-refractivity contribution < 1.29 is 14.2 Å². The average Bonchev–Trinajstić information content (AvgIpc) is 2.43. The van der Waals surface area contributed by atoms with Gasteiger partial charge < -0.3 is 9.84 Å². The molecule has 2 aromatic rings. The van der Waals surface area contributed by atoms with Gasteiger partial charge in [0.25, 0.3) is 0 Å². The van der Waals surface area contributed by atoms with Gasteiger partial charge in [0.15, 0.2) is 0 Å². The van der Waals surface area contributed by atoms with Crippen LogP contribution in [0.2, 0.25) is 0 Å². The highest BCUT2D eigenvalue weighted by atomic mass is 79.9. The lowest BCUT2D eigenvalue weighted by atomic mass is 9.98. The number of aliphatic hydroxyl groups excluding tert-OH is 1. The molecule has 0 radical (unpaired) electrons. The summed E-state index contributed by atoms with van der Waals surface area (Å²) >= 11 is 3.13. The van der Waals surface area contributed by atoms with Crippen LogP contribution in [-0.4, -0.2) is 11.7 Å². The van der Waals surface area contributed by atoms with Crippen LogP contribution in [0.15, 0.2) is 40.9 Å². The molecule has 1 N–H and O–H groups in total. The van der Waals surface area contributed by atoms with Crippen molar-refractivity contribution in [2.24, 2.45) is 0 Å². The Morgan fingerprint density at radius 3 is 2.70 bits per heavy atom. The van der Waals surface area contributed by atoms with Crippen LogP contribution >= 0.6 is 15.9 Å². The Morgan fingerprint density at radius 1 is 1.25 bits per heavy atom. The quantitative estimate of drug-likeness (QED) is 0.896. The van der Waals surface area contributed by atoms with Gasteiger partial charge in [0, 0.05) is 11.1 Å². The first-order valence-corrected chi connectivity index (χ1v) is 7.19. The minimum Gasteiger partial charge on any atom is -0.493 e. The largest absolute Gasteiger partial charge is 0.493 e. The van der Waals surface area contributed by atoms with E-state index in [-0.39, 0.29) is 5.56 Å². The van der Waals surface area contributed by atoms with Gasteiger partial charge in [-0.2, -0.15) is 0 Å². The molecule has 0 bridgehead atoms. The highest BCUT2D eigenvalue weighted by Crippen LogP contribution is 2.33. The molecule has 2 rings (SSSR count). The zero-order chi connectivity index (χ0) is 14.7. The van der Waals surface area contributed by atoms with Crippen LogP contribution in [-0.2, 0) is 0 Å². The SMILES string of the molecule is CCOc1ccc(C)cc1C(O)c1cccc(Br)c1F. The van der Waals surface area contributed by atoms with E-state index < -0.39 is 11.9 Å². The summed E-state index contributed by atoms with van der Waals surface area (Å²) in [6, 6.07) is 10.4. The summed E-state index contributed by atoms with van der Waals surface area (Å²) in [5, 5.41) is 10.5. The Bertz CT molecular complexity index is 613. The molecule has 106 valence electrons. The van der Waals surface area contributed by atoms with E-state index in [2.05, 4.69) is 15.9 Å². The van der Waals surface area contributed by atoms with Crippen LogP contribution in [0.4, 0.5) is 4.39 Å². The molecule has 2 aromatic carbocycles. The second-order valence-corrected chi connectivity index (χ2v) is 5.37. The number of hydrogen-bond donors (Lipinski definition) is 1. The molecule has 0 aliphatic carbocycles. The number of hydrogen-bond acceptors (Lipinski definition) is 2. The molecule has 0 aromatic heterocycles. The number of ether oxygens (including phenoxy) is 1. The number of benzene rings is 2. The Labute approximate surface area is 126 Å². The van der Waals surface area contributed by atoms with E-state index in [1.54, 1.807) is 24.3 Å². The first kappa shape index (κ1) is 15.0. The molecular weight excluding hydrogens is 323 g/mol. The van der Waals surface area contributed by atoms with Crippen molar-refractivity contribution in [1.29, 1.82) is 0 Å². The van der Waals surface area contributed by atoms with Gasteiger partial charge >= 0.3 is 0 Å². The monoisotopic (exact) mass is 338 g/mol. The van der Waals surface area contributed by atoms with Crippen LogP contribution in [0.5, 0.6) is 5.75 Å². The van der Waals surface area contributed by atoms with Gasteiger partial charge in [-0.25, -0.2) is 4.39 Å². The van der Waals surface area contributed by atoms with Gasteiger partial charge in [0.05, 0.1) is 11.1 Å². The van der Waals surface area contributed by atoms with Crippen molar-refractivity contribution in [3.63, 3.8) is 0 Å². The van der Waals surface area contributed by atoms with Crippen LogP contribution in [0, 0.1) is 12.7 Å². The molecule has 0 aliphatic heterocycles. The fourth-order valence-corrected chi connectivity index (χ4v) is 2.45. The fourth-order valence-electron chi connectivity index (χ4n) is 2.07. The normalized spacial score (nSPS) is 12.2. The van der Waals surface area contributed by atoms with Gasteiger partial charge in [-0.1, -0.05) is 23.8 Å². The van der Waals surface area contributed by atoms with Crippen LogP contribution in [0.3, 0.4) is 0 Å². The molecule has 1 atom stereocenters. The topological polar surface area (TPSA) is 29.5 Å². The fraction of sp³-hybridized carbons (Fsp3) is 0.250. The molecule has 0 amide bonds. The van der Waals surface area contributed by atoms with Gasteiger partial charge in [-0.3, -0.25) is 0 Å². The van der Waals surface area contributed by atoms with E-state index >= 15 is 0 Å². The van der Waals surface area contributed by atoms with Crippen molar-refractivity contribution in [2.45, 2.75) is 20.0 Å². The molecule has 0 saturated heterocycles. The van der Waals surface area contributed by atoms with Gasteiger partial charge in [0.2, 0.25) is 0 Å². The predicted molar refractivity (Wildman–Crippen MR) is 80.5 cm³/mol. The minimum atomic E-state index is -1.06. The summed E-state index contributed by atoms with van der Waals surface area (Å²) in [6.07, 6.45) is -1.06. The number of aryl methyl sites for hydroxylation is 1. The van der Waals surface area contributed by atoms with Gasteiger partial charge in [0.1, 0.15) is 17.7 Å². The molecule has 0 fully saturated rings. The lowest BCUT2D eigenvalue weighted by Crippen LogP contribution is -2.06. The van der Waals surface area contributed by atoms with E-state index in [4.69, 9.17) is 4.74 Å². The Hall–Kier alpha value is -1.39. The molecule has 0 heterocycles. The van der Waals surface area contributed by atoms with E-state index in [0.29, 0.717) is 22.4 Å². The Morgan fingerprint density at radius 2 is 2.00 bits per heavy atom. The van der Waals surface area contributed by atoms with Crippen molar-refractivity contribution in [3.05, 3.63) is 63.4 Å². The van der Waals surface area contributed by atoms with Crippen molar-refractivity contribution in [2.75, 3.05) is 6.61 Å². The van der Waals surface area contributed by atoms with E-state index in [1.807, 2.05) is 26.0 Å². The Kier molecular flexibility index (Phi) is 4.78. The van der Waals surface area contributed by atoms with Crippen molar-refractivity contribution in [1.82, 2.24) is 0 Å². The summed E-state index contributed by atoms with van der Waals surface area (Å²) in [7, 11) is 0. The number of rotatable bonds is 4. The molecule has 0 saturated carbocycles. The maximum atomic E-state index is 14.1. The zero-order valence-corrected chi connectivity index (χ0v) is 12.9. The average molecular weight is 339 g/mol. The lowest BCUT2D eigenvalue weighted by molar-refractivity contribution is 0.207. The third-order valence-electron chi connectivity index (χ3n) is 3.04. The lowest BCUT2D eigenvalue weighted by Gasteiger charge is -2.17. The number of aliphatic hydroxyl groups is 1. The molecule has 2 nitrogen and oxygen atoms in total. The zero-order valence-electron chi connectivity index (χ0n) is 11.4. The van der Waals surface area contributed by atoms with Gasteiger partial charge in [-0.15, -0.1) is 0 Å². The predicted octanol–water partition coefficient (Wildman–Crippen LogP) is 4.38. The summed E-state index contributed by atoms with van der Waals surface area (Å²) in [4.78, 5) is 0. The second-order valence-electron chi connectivity index (χ2n) is 4.52. The Balaban J connectivity index is 2.49. The van der Waals surface area contributed by atoms with E-state index in [1.165, 1.54) is 0 Å². The first-order chi connectivity index (χ1) is 9.54. The highest BCUT2D eigenvalue weighted by Gasteiger charge is 2.20. The number of halogens is 2. The molecule has 0 spiro atoms. The maximum Gasteiger partial charge on any atom is 0.143 e. The van der Waals surface area contributed by atoms with E-state index in [0.717, 1.165) is 5.56 Å². The third-order valence-corrected chi connectivity index (χ3v) is 3.65. The molecular formula is C16H16BrFO2. The minimum absolute atomic E-state index is 0.228. The standard InChI is InChI=1S/C16H16BrFO2/c1-3-20-14-8-7-10(2)9-12(14)16(19)11-5-4-6-13(17)15(11)18/h4-9,16,19H,3H2,1-2H3. The first-order valence-electron chi connectivity index (χ1n) is 6.40. The van der Waals surface area contributed by atoms with Gasteiger partial charge in [-0.05, 0) is 48.0 Å². The third kappa shape index (κ3) is 3.02.